The first kappa shape index (κ1) is 12.2. The highest BCUT2D eigenvalue weighted by Gasteiger charge is 2.04. The van der Waals surface area contributed by atoms with Crippen LogP contribution >= 0.6 is 0 Å². The Morgan fingerprint density at radius 3 is 2.72 bits per heavy atom. The van der Waals surface area contributed by atoms with Gasteiger partial charge in [-0.15, -0.1) is 0 Å². The lowest BCUT2D eigenvalue weighted by atomic mass is 10.2. The molecule has 2 aromatic rings. The van der Waals surface area contributed by atoms with E-state index in [1.54, 1.807) is 13.2 Å². The molecule has 0 spiro atoms. The van der Waals surface area contributed by atoms with Crippen LogP contribution in [0.4, 0.5) is 10.1 Å². The zero-order chi connectivity index (χ0) is 13.0. The summed E-state index contributed by atoms with van der Waals surface area (Å²) in [4.78, 5) is 0. The monoisotopic (exact) mass is 247 g/mol. The van der Waals surface area contributed by atoms with Crippen LogP contribution in [0.15, 0.2) is 42.5 Å². The summed E-state index contributed by atoms with van der Waals surface area (Å²) in [6.45, 7) is 0.276. The largest absolute Gasteiger partial charge is 0.497 e. The van der Waals surface area contributed by atoms with Crippen LogP contribution in [0.3, 0.4) is 0 Å². The standard InChI is InChI=1S/C14H14FNO2/c1-17-12-4-2-3-10(7-12)9-18-14-6-5-11(16)8-13(14)15/h2-8H,9,16H2,1H3. The number of hydrogen-bond acceptors (Lipinski definition) is 3. The lowest BCUT2D eigenvalue weighted by molar-refractivity contribution is 0.289. The Kier molecular flexibility index (Phi) is 3.67. The average molecular weight is 247 g/mol. The van der Waals surface area contributed by atoms with Gasteiger partial charge in [0.1, 0.15) is 12.4 Å². The van der Waals surface area contributed by atoms with Crippen LogP contribution in [0.5, 0.6) is 11.5 Å². The van der Waals surface area contributed by atoms with E-state index in [2.05, 4.69) is 0 Å². The molecule has 2 rings (SSSR count). The summed E-state index contributed by atoms with van der Waals surface area (Å²) >= 11 is 0. The molecule has 0 aliphatic carbocycles. The number of nitrogen functional groups attached to an aromatic ring is 1. The highest BCUT2D eigenvalue weighted by molar-refractivity contribution is 5.42. The second kappa shape index (κ2) is 5.40. The molecule has 2 aromatic carbocycles. The van der Waals surface area contributed by atoms with E-state index in [4.69, 9.17) is 15.2 Å². The Hall–Kier alpha value is -2.23. The molecular formula is C14H14FNO2. The van der Waals surface area contributed by atoms with E-state index in [9.17, 15) is 4.39 Å². The van der Waals surface area contributed by atoms with Crippen LogP contribution in [0.1, 0.15) is 5.56 Å². The molecule has 18 heavy (non-hydrogen) atoms. The maximum Gasteiger partial charge on any atom is 0.167 e. The van der Waals surface area contributed by atoms with Crippen molar-refractivity contribution in [2.24, 2.45) is 0 Å². The zero-order valence-corrected chi connectivity index (χ0v) is 10.0. The Morgan fingerprint density at radius 1 is 1.17 bits per heavy atom. The first-order chi connectivity index (χ1) is 8.69. The van der Waals surface area contributed by atoms with Gasteiger partial charge in [0, 0.05) is 11.8 Å². The van der Waals surface area contributed by atoms with E-state index in [1.807, 2.05) is 24.3 Å². The van der Waals surface area contributed by atoms with Crippen molar-refractivity contribution in [3.8, 4) is 11.5 Å². The van der Waals surface area contributed by atoms with Crippen LogP contribution in [0.2, 0.25) is 0 Å². The quantitative estimate of drug-likeness (QED) is 0.845. The fourth-order valence-electron chi connectivity index (χ4n) is 1.56. The third-order valence-corrected chi connectivity index (χ3v) is 2.48. The van der Waals surface area contributed by atoms with Crippen LogP contribution in [0, 0.1) is 5.82 Å². The number of anilines is 1. The van der Waals surface area contributed by atoms with E-state index in [0.717, 1.165) is 11.3 Å². The third-order valence-electron chi connectivity index (χ3n) is 2.48. The summed E-state index contributed by atoms with van der Waals surface area (Å²) in [5, 5.41) is 0. The number of hydrogen-bond donors (Lipinski definition) is 1. The summed E-state index contributed by atoms with van der Waals surface area (Å²) in [6.07, 6.45) is 0. The minimum absolute atomic E-state index is 0.187. The first-order valence-corrected chi connectivity index (χ1v) is 5.50. The minimum Gasteiger partial charge on any atom is -0.497 e. The van der Waals surface area contributed by atoms with E-state index < -0.39 is 5.82 Å². The molecule has 0 heterocycles. The van der Waals surface area contributed by atoms with Gasteiger partial charge in [-0.2, -0.15) is 0 Å². The molecule has 0 aliphatic heterocycles. The summed E-state index contributed by atoms with van der Waals surface area (Å²) in [5.41, 5.74) is 6.74. The minimum atomic E-state index is -0.460. The molecule has 0 aromatic heterocycles. The number of halogens is 1. The molecule has 0 fully saturated rings. The van der Waals surface area contributed by atoms with Crippen molar-refractivity contribution < 1.29 is 13.9 Å². The molecule has 0 saturated carbocycles. The van der Waals surface area contributed by atoms with Crippen molar-refractivity contribution in [2.75, 3.05) is 12.8 Å². The number of nitrogens with two attached hydrogens (primary N) is 1. The SMILES string of the molecule is COc1cccc(COc2ccc(N)cc2F)c1. The second-order valence-corrected chi connectivity index (χ2v) is 3.83. The lowest BCUT2D eigenvalue weighted by Crippen LogP contribution is -1.98. The van der Waals surface area contributed by atoms with Gasteiger partial charge in [-0.3, -0.25) is 0 Å². The van der Waals surface area contributed by atoms with Gasteiger partial charge in [-0.1, -0.05) is 12.1 Å². The fourth-order valence-corrected chi connectivity index (χ4v) is 1.56. The Morgan fingerprint density at radius 2 is 2.00 bits per heavy atom. The Labute approximate surface area is 105 Å². The second-order valence-electron chi connectivity index (χ2n) is 3.83. The average Bonchev–Trinajstić information content (AvgIpc) is 2.38. The normalized spacial score (nSPS) is 10.1. The van der Waals surface area contributed by atoms with Crippen molar-refractivity contribution >= 4 is 5.69 Å². The third kappa shape index (κ3) is 2.91. The number of methoxy groups -OCH3 is 1. The summed E-state index contributed by atoms with van der Waals surface area (Å²) in [6, 6.07) is 11.8. The maximum atomic E-state index is 13.5. The molecule has 0 unspecified atom stereocenters. The maximum absolute atomic E-state index is 13.5. The van der Waals surface area contributed by atoms with E-state index in [1.165, 1.54) is 12.1 Å². The summed E-state index contributed by atoms with van der Waals surface area (Å²) in [7, 11) is 1.60. The van der Waals surface area contributed by atoms with E-state index >= 15 is 0 Å². The topological polar surface area (TPSA) is 44.5 Å². The molecule has 0 aliphatic rings. The predicted molar refractivity (Wildman–Crippen MR) is 68.1 cm³/mol. The molecule has 0 bridgehead atoms. The Bertz CT molecular complexity index is 543. The van der Waals surface area contributed by atoms with E-state index in [0.29, 0.717) is 5.69 Å². The number of ether oxygens (including phenoxy) is 2. The van der Waals surface area contributed by atoms with Gasteiger partial charge < -0.3 is 15.2 Å². The molecule has 0 saturated heterocycles. The van der Waals surface area contributed by atoms with Crippen LogP contribution < -0.4 is 15.2 Å². The summed E-state index contributed by atoms with van der Waals surface area (Å²) in [5.74, 6) is 0.471. The molecule has 4 heteroatoms. The van der Waals surface area contributed by atoms with Crippen molar-refractivity contribution in [1.29, 1.82) is 0 Å². The predicted octanol–water partition coefficient (Wildman–Crippen LogP) is 3.00. The van der Waals surface area contributed by atoms with Gasteiger partial charge in [-0.25, -0.2) is 4.39 Å². The highest BCUT2D eigenvalue weighted by atomic mass is 19.1. The van der Waals surface area contributed by atoms with Gasteiger partial charge in [0.05, 0.1) is 7.11 Å². The number of benzene rings is 2. The van der Waals surface area contributed by atoms with Crippen molar-refractivity contribution in [3.63, 3.8) is 0 Å². The van der Waals surface area contributed by atoms with Crippen molar-refractivity contribution in [3.05, 3.63) is 53.8 Å². The van der Waals surface area contributed by atoms with Crippen LogP contribution in [-0.4, -0.2) is 7.11 Å². The van der Waals surface area contributed by atoms with E-state index in [-0.39, 0.29) is 12.4 Å². The fraction of sp³-hybridized carbons (Fsp3) is 0.143. The first-order valence-electron chi connectivity index (χ1n) is 5.50. The van der Waals surface area contributed by atoms with Crippen LogP contribution in [0.25, 0.3) is 0 Å². The molecule has 94 valence electrons. The van der Waals surface area contributed by atoms with Gasteiger partial charge >= 0.3 is 0 Å². The molecule has 0 radical (unpaired) electrons. The molecular weight excluding hydrogens is 233 g/mol. The smallest absolute Gasteiger partial charge is 0.167 e. The summed E-state index contributed by atoms with van der Waals surface area (Å²) < 4.78 is 24.0. The van der Waals surface area contributed by atoms with Gasteiger partial charge in [0.25, 0.3) is 0 Å². The molecule has 0 atom stereocenters. The number of rotatable bonds is 4. The van der Waals surface area contributed by atoms with Gasteiger partial charge in [0.2, 0.25) is 0 Å². The molecule has 2 N–H and O–H groups in total. The van der Waals surface area contributed by atoms with Gasteiger partial charge in [-0.05, 0) is 29.8 Å². The van der Waals surface area contributed by atoms with Crippen LogP contribution in [-0.2, 0) is 6.61 Å². The lowest BCUT2D eigenvalue weighted by Gasteiger charge is -2.08. The molecule has 0 amide bonds. The van der Waals surface area contributed by atoms with Crippen molar-refractivity contribution in [1.82, 2.24) is 0 Å². The zero-order valence-electron chi connectivity index (χ0n) is 10.0. The van der Waals surface area contributed by atoms with Gasteiger partial charge in [0.15, 0.2) is 11.6 Å². The van der Waals surface area contributed by atoms with Crippen molar-refractivity contribution in [2.45, 2.75) is 6.61 Å². The molecule has 3 nitrogen and oxygen atoms in total. The highest BCUT2D eigenvalue weighted by Crippen LogP contribution is 2.21. The Balaban J connectivity index is 2.06.